The molecule has 2 rings (SSSR count). The lowest BCUT2D eigenvalue weighted by Crippen LogP contribution is -2.30. The van der Waals surface area contributed by atoms with Crippen LogP contribution >= 0.6 is 0 Å². The van der Waals surface area contributed by atoms with Gasteiger partial charge in [0, 0.05) is 24.8 Å². The Labute approximate surface area is 131 Å². The van der Waals surface area contributed by atoms with Crippen LogP contribution in [0.25, 0.3) is 0 Å². The summed E-state index contributed by atoms with van der Waals surface area (Å²) >= 11 is 0. The lowest BCUT2D eigenvalue weighted by Gasteiger charge is -2.15. The Kier molecular flexibility index (Phi) is 5.55. The van der Waals surface area contributed by atoms with E-state index < -0.39 is 10.0 Å². The first kappa shape index (κ1) is 16.9. The maximum Gasteiger partial charge on any atom is 0.227 e. The van der Waals surface area contributed by atoms with E-state index >= 15 is 0 Å². The first-order valence-electron chi connectivity index (χ1n) is 7.31. The molecule has 0 spiro atoms. The van der Waals surface area contributed by atoms with Crippen molar-refractivity contribution in [3.05, 3.63) is 29.8 Å². The Balaban J connectivity index is 1.92. The highest BCUT2D eigenvalue weighted by Gasteiger charge is 2.29. The molecule has 0 bridgehead atoms. The van der Waals surface area contributed by atoms with Crippen LogP contribution in [-0.4, -0.2) is 33.8 Å². The molecular weight excluding hydrogens is 304 g/mol. The fourth-order valence-electron chi connectivity index (χ4n) is 2.03. The number of rotatable bonds is 8. The molecule has 6 nitrogen and oxygen atoms in total. The van der Waals surface area contributed by atoms with E-state index in [4.69, 9.17) is 4.74 Å². The highest BCUT2D eigenvalue weighted by molar-refractivity contribution is 7.89. The van der Waals surface area contributed by atoms with Gasteiger partial charge < -0.3 is 10.1 Å². The number of nitrogens with one attached hydrogen (secondary N) is 2. The molecule has 1 atom stereocenters. The monoisotopic (exact) mass is 326 g/mol. The molecule has 0 saturated heterocycles. The van der Waals surface area contributed by atoms with Crippen molar-refractivity contribution in [1.82, 2.24) is 4.72 Å². The summed E-state index contributed by atoms with van der Waals surface area (Å²) in [7, 11) is -1.90. The molecule has 1 aromatic carbocycles. The molecule has 7 heteroatoms. The highest BCUT2D eigenvalue weighted by atomic mass is 32.2. The van der Waals surface area contributed by atoms with Crippen molar-refractivity contribution >= 4 is 21.6 Å². The van der Waals surface area contributed by atoms with Crippen molar-refractivity contribution in [2.75, 3.05) is 24.8 Å². The van der Waals surface area contributed by atoms with Crippen LogP contribution in [0.15, 0.2) is 24.3 Å². The molecule has 1 aliphatic carbocycles. The molecule has 0 aromatic heterocycles. The standard InChI is InChI=1S/C15H22N2O4S/c1-11(17-22(19,20)10-9-21-2)12-5-7-14(8-6-12)16-15(18)13-3-4-13/h5-8,11,13,17H,3-4,9-10H2,1-2H3,(H,16,18). The summed E-state index contributed by atoms with van der Waals surface area (Å²) in [5.41, 5.74) is 1.57. The zero-order valence-electron chi connectivity index (χ0n) is 12.8. The van der Waals surface area contributed by atoms with Crippen LogP contribution in [0.4, 0.5) is 5.69 Å². The summed E-state index contributed by atoms with van der Waals surface area (Å²) in [4.78, 5) is 11.7. The van der Waals surface area contributed by atoms with E-state index in [1.165, 1.54) is 7.11 Å². The predicted molar refractivity (Wildman–Crippen MR) is 85.0 cm³/mol. The van der Waals surface area contributed by atoms with Gasteiger partial charge >= 0.3 is 0 Å². The minimum absolute atomic E-state index is 0.0565. The molecule has 0 radical (unpaired) electrons. The number of anilines is 1. The van der Waals surface area contributed by atoms with Crippen LogP contribution < -0.4 is 10.0 Å². The SMILES string of the molecule is COCCS(=O)(=O)NC(C)c1ccc(NC(=O)C2CC2)cc1. The third-order valence-electron chi connectivity index (χ3n) is 3.54. The lowest BCUT2D eigenvalue weighted by atomic mass is 10.1. The molecule has 1 amide bonds. The van der Waals surface area contributed by atoms with Crippen LogP contribution in [0, 0.1) is 5.92 Å². The molecule has 1 saturated carbocycles. The number of carbonyl (C=O) groups excluding carboxylic acids is 1. The van der Waals surface area contributed by atoms with Gasteiger partial charge in [-0.25, -0.2) is 13.1 Å². The molecule has 2 N–H and O–H groups in total. The minimum atomic E-state index is -3.37. The third-order valence-corrected chi connectivity index (χ3v) is 4.96. The van der Waals surface area contributed by atoms with E-state index in [9.17, 15) is 13.2 Å². The Morgan fingerprint density at radius 2 is 1.95 bits per heavy atom. The van der Waals surface area contributed by atoms with Gasteiger partial charge in [0.1, 0.15) is 0 Å². The number of methoxy groups -OCH3 is 1. The van der Waals surface area contributed by atoms with E-state index in [1.807, 2.05) is 12.1 Å². The number of sulfonamides is 1. The molecular formula is C15H22N2O4S. The van der Waals surface area contributed by atoms with Crippen LogP contribution in [0.3, 0.4) is 0 Å². The number of carbonyl (C=O) groups is 1. The van der Waals surface area contributed by atoms with Gasteiger partial charge in [0.2, 0.25) is 15.9 Å². The van der Waals surface area contributed by atoms with Gasteiger partial charge in [0.15, 0.2) is 0 Å². The van der Waals surface area contributed by atoms with Crippen LogP contribution in [0.2, 0.25) is 0 Å². The second-order valence-corrected chi connectivity index (χ2v) is 7.41. The van der Waals surface area contributed by atoms with Gasteiger partial charge in [-0.1, -0.05) is 12.1 Å². The minimum Gasteiger partial charge on any atom is -0.384 e. The topological polar surface area (TPSA) is 84.5 Å². The molecule has 1 fully saturated rings. The second-order valence-electron chi connectivity index (χ2n) is 5.54. The van der Waals surface area contributed by atoms with Crippen LogP contribution in [0.5, 0.6) is 0 Å². The normalized spacial score (nSPS) is 16.3. The Bertz CT molecular complexity index is 609. The van der Waals surface area contributed by atoms with Gasteiger partial charge in [-0.05, 0) is 37.5 Å². The van der Waals surface area contributed by atoms with Crippen molar-refractivity contribution in [2.24, 2.45) is 5.92 Å². The Morgan fingerprint density at radius 1 is 1.32 bits per heavy atom. The molecule has 122 valence electrons. The van der Waals surface area contributed by atoms with Crippen LogP contribution in [-0.2, 0) is 19.6 Å². The average Bonchev–Trinajstić information content (AvgIpc) is 3.30. The fourth-order valence-corrected chi connectivity index (χ4v) is 3.21. The summed E-state index contributed by atoms with van der Waals surface area (Å²) in [6.45, 7) is 1.94. The van der Waals surface area contributed by atoms with Crippen molar-refractivity contribution < 1.29 is 17.9 Å². The Hall–Kier alpha value is -1.44. The van der Waals surface area contributed by atoms with E-state index in [1.54, 1.807) is 19.1 Å². The molecule has 22 heavy (non-hydrogen) atoms. The Morgan fingerprint density at radius 3 is 2.50 bits per heavy atom. The van der Waals surface area contributed by atoms with Crippen molar-refractivity contribution in [2.45, 2.75) is 25.8 Å². The smallest absolute Gasteiger partial charge is 0.227 e. The first-order chi connectivity index (χ1) is 10.4. The zero-order valence-corrected chi connectivity index (χ0v) is 13.7. The van der Waals surface area contributed by atoms with E-state index in [0.717, 1.165) is 24.1 Å². The number of ether oxygens (including phenoxy) is 1. The van der Waals surface area contributed by atoms with Gasteiger partial charge in [-0.15, -0.1) is 0 Å². The fraction of sp³-hybridized carbons (Fsp3) is 0.533. The summed E-state index contributed by atoms with van der Waals surface area (Å²) in [5.74, 6) is 0.149. The summed E-state index contributed by atoms with van der Waals surface area (Å²) in [5, 5.41) is 2.85. The number of hydrogen-bond donors (Lipinski definition) is 2. The zero-order chi connectivity index (χ0) is 16.2. The van der Waals surface area contributed by atoms with Gasteiger partial charge in [-0.2, -0.15) is 0 Å². The maximum atomic E-state index is 11.8. The number of amides is 1. The molecule has 0 aliphatic heterocycles. The lowest BCUT2D eigenvalue weighted by molar-refractivity contribution is -0.117. The summed E-state index contributed by atoms with van der Waals surface area (Å²) in [6, 6.07) is 6.86. The van der Waals surface area contributed by atoms with Gasteiger partial charge in [0.05, 0.1) is 12.4 Å². The number of benzene rings is 1. The van der Waals surface area contributed by atoms with Crippen LogP contribution in [0.1, 0.15) is 31.4 Å². The van der Waals surface area contributed by atoms with E-state index in [-0.39, 0.29) is 30.2 Å². The highest BCUT2D eigenvalue weighted by Crippen LogP contribution is 2.30. The molecule has 1 aromatic rings. The second kappa shape index (κ2) is 7.21. The van der Waals surface area contributed by atoms with Crippen molar-refractivity contribution in [1.29, 1.82) is 0 Å². The summed E-state index contributed by atoms with van der Waals surface area (Å²) < 4.78 is 31.0. The van der Waals surface area contributed by atoms with Crippen molar-refractivity contribution in [3.8, 4) is 0 Å². The largest absolute Gasteiger partial charge is 0.384 e. The summed E-state index contributed by atoms with van der Waals surface area (Å²) in [6.07, 6.45) is 1.93. The molecule has 1 aliphatic rings. The molecule has 0 heterocycles. The first-order valence-corrected chi connectivity index (χ1v) is 8.96. The molecule has 1 unspecified atom stereocenters. The van der Waals surface area contributed by atoms with Crippen molar-refractivity contribution in [3.63, 3.8) is 0 Å². The van der Waals surface area contributed by atoms with Gasteiger partial charge in [0.25, 0.3) is 0 Å². The average molecular weight is 326 g/mol. The van der Waals surface area contributed by atoms with Gasteiger partial charge in [-0.3, -0.25) is 4.79 Å². The predicted octanol–water partition coefficient (Wildman–Crippen LogP) is 1.66. The third kappa shape index (κ3) is 5.08. The maximum absolute atomic E-state index is 11.8. The number of hydrogen-bond acceptors (Lipinski definition) is 4. The van der Waals surface area contributed by atoms with E-state index in [2.05, 4.69) is 10.0 Å². The quantitative estimate of drug-likeness (QED) is 0.761. The van der Waals surface area contributed by atoms with E-state index in [0.29, 0.717) is 0 Å².